The highest BCUT2D eigenvalue weighted by Gasteiger charge is 2.22. The minimum absolute atomic E-state index is 0.171. The van der Waals surface area contributed by atoms with Gasteiger partial charge in [0, 0.05) is 5.92 Å². The third kappa shape index (κ3) is 3.80. The molecule has 4 aromatic rings. The van der Waals surface area contributed by atoms with Crippen LogP contribution in [0.15, 0.2) is 63.0 Å². The van der Waals surface area contributed by atoms with Gasteiger partial charge in [0.25, 0.3) is 5.56 Å². The molecule has 0 saturated carbocycles. The standard InChI is InChI=1S/C21H19ClN4O2S/c1-12(2)18-24-19(28-25-18)13(3)29-21-23-16-10-6-4-8-14(16)20(27)26(21)17-11-7-5-9-15(17)22/h4-13H,1-3H3/t13-/m1/s1. The van der Waals surface area contributed by atoms with E-state index in [1.165, 1.54) is 11.8 Å². The van der Waals surface area contributed by atoms with Crippen molar-refractivity contribution in [3.05, 3.63) is 75.6 Å². The molecule has 29 heavy (non-hydrogen) atoms. The van der Waals surface area contributed by atoms with E-state index >= 15 is 0 Å². The molecule has 0 aliphatic rings. The molecule has 0 spiro atoms. The average molecular weight is 427 g/mol. The number of hydrogen-bond acceptors (Lipinski definition) is 6. The predicted octanol–water partition coefficient (Wildman–Crippen LogP) is 5.40. The van der Waals surface area contributed by atoms with E-state index in [4.69, 9.17) is 21.1 Å². The van der Waals surface area contributed by atoms with Crippen LogP contribution in [0.25, 0.3) is 16.6 Å². The van der Waals surface area contributed by atoms with E-state index in [-0.39, 0.29) is 16.7 Å². The first kappa shape index (κ1) is 19.7. The van der Waals surface area contributed by atoms with Crippen molar-refractivity contribution < 1.29 is 4.52 Å². The number of halogens is 1. The van der Waals surface area contributed by atoms with Crippen LogP contribution < -0.4 is 5.56 Å². The van der Waals surface area contributed by atoms with Crippen molar-refractivity contribution in [2.45, 2.75) is 37.1 Å². The van der Waals surface area contributed by atoms with Gasteiger partial charge in [-0.1, -0.05) is 66.6 Å². The second-order valence-electron chi connectivity index (χ2n) is 6.91. The molecule has 0 amide bonds. The lowest BCUT2D eigenvalue weighted by molar-refractivity contribution is 0.373. The summed E-state index contributed by atoms with van der Waals surface area (Å²) in [6.45, 7) is 5.96. The van der Waals surface area contributed by atoms with E-state index in [9.17, 15) is 4.79 Å². The fourth-order valence-electron chi connectivity index (χ4n) is 2.89. The van der Waals surface area contributed by atoms with Crippen LogP contribution in [-0.4, -0.2) is 19.7 Å². The van der Waals surface area contributed by atoms with Crippen LogP contribution in [-0.2, 0) is 0 Å². The molecule has 2 aromatic heterocycles. The lowest BCUT2D eigenvalue weighted by Gasteiger charge is -2.15. The Morgan fingerprint density at radius 1 is 1.03 bits per heavy atom. The van der Waals surface area contributed by atoms with Gasteiger partial charge in [0.1, 0.15) is 0 Å². The number of nitrogens with zero attached hydrogens (tertiary/aromatic N) is 4. The molecular formula is C21H19ClN4O2S. The van der Waals surface area contributed by atoms with E-state index in [1.54, 1.807) is 22.8 Å². The number of hydrogen-bond donors (Lipinski definition) is 0. The second kappa shape index (κ2) is 8.00. The Bertz CT molecular complexity index is 1230. The van der Waals surface area contributed by atoms with Crippen molar-refractivity contribution in [2.24, 2.45) is 0 Å². The van der Waals surface area contributed by atoms with Gasteiger partial charge in [-0.2, -0.15) is 4.98 Å². The molecular weight excluding hydrogens is 408 g/mol. The number of aromatic nitrogens is 4. The summed E-state index contributed by atoms with van der Waals surface area (Å²) >= 11 is 7.79. The molecule has 0 aliphatic carbocycles. The van der Waals surface area contributed by atoms with E-state index in [0.29, 0.717) is 38.5 Å². The number of benzene rings is 2. The molecule has 2 heterocycles. The first-order chi connectivity index (χ1) is 14.0. The molecule has 1 atom stereocenters. The Kier molecular flexibility index (Phi) is 5.43. The Hall–Kier alpha value is -2.64. The van der Waals surface area contributed by atoms with Gasteiger partial charge in [0.05, 0.1) is 26.9 Å². The van der Waals surface area contributed by atoms with Gasteiger partial charge in [-0.25, -0.2) is 4.98 Å². The SMILES string of the molecule is CC(C)c1noc([C@@H](C)Sc2nc3ccccc3c(=O)n2-c2ccccc2Cl)n1. The van der Waals surface area contributed by atoms with E-state index in [1.807, 2.05) is 51.1 Å². The van der Waals surface area contributed by atoms with E-state index in [2.05, 4.69) is 10.1 Å². The zero-order chi connectivity index (χ0) is 20.5. The summed E-state index contributed by atoms with van der Waals surface area (Å²) < 4.78 is 6.97. The van der Waals surface area contributed by atoms with Gasteiger partial charge < -0.3 is 4.52 Å². The molecule has 2 aromatic carbocycles. The van der Waals surface area contributed by atoms with Crippen molar-refractivity contribution in [1.82, 2.24) is 19.7 Å². The van der Waals surface area contributed by atoms with E-state index in [0.717, 1.165) is 0 Å². The van der Waals surface area contributed by atoms with Crippen molar-refractivity contribution in [3.63, 3.8) is 0 Å². The Morgan fingerprint density at radius 2 is 1.76 bits per heavy atom. The highest BCUT2D eigenvalue weighted by atomic mass is 35.5. The van der Waals surface area contributed by atoms with Crippen LogP contribution in [0.4, 0.5) is 0 Å². The zero-order valence-corrected chi connectivity index (χ0v) is 17.7. The summed E-state index contributed by atoms with van der Waals surface area (Å²) in [6, 6.07) is 14.5. The number of rotatable bonds is 5. The molecule has 0 radical (unpaired) electrons. The smallest absolute Gasteiger partial charge is 0.266 e. The normalized spacial score (nSPS) is 12.6. The highest BCUT2D eigenvalue weighted by Crippen LogP contribution is 2.35. The summed E-state index contributed by atoms with van der Waals surface area (Å²) in [6.07, 6.45) is 0. The maximum absolute atomic E-state index is 13.3. The number of thioether (sulfide) groups is 1. The van der Waals surface area contributed by atoms with Gasteiger partial charge in [0.2, 0.25) is 5.89 Å². The topological polar surface area (TPSA) is 73.8 Å². The molecule has 0 fully saturated rings. The molecule has 0 aliphatic heterocycles. The predicted molar refractivity (Wildman–Crippen MR) is 115 cm³/mol. The van der Waals surface area contributed by atoms with Gasteiger partial charge in [-0.15, -0.1) is 0 Å². The highest BCUT2D eigenvalue weighted by molar-refractivity contribution is 7.99. The lowest BCUT2D eigenvalue weighted by atomic mass is 10.2. The first-order valence-electron chi connectivity index (χ1n) is 9.22. The number of fused-ring (bicyclic) bond motifs is 1. The molecule has 8 heteroatoms. The Labute approximate surface area is 176 Å². The molecule has 0 saturated heterocycles. The molecule has 0 bridgehead atoms. The summed E-state index contributed by atoms with van der Waals surface area (Å²) in [7, 11) is 0. The fraction of sp³-hybridized carbons (Fsp3) is 0.238. The summed E-state index contributed by atoms with van der Waals surface area (Å²) in [5.74, 6) is 1.32. The summed E-state index contributed by atoms with van der Waals surface area (Å²) in [5, 5.41) is 5.35. The third-order valence-corrected chi connectivity index (χ3v) is 5.80. The van der Waals surface area contributed by atoms with Gasteiger partial charge in [-0.3, -0.25) is 9.36 Å². The summed E-state index contributed by atoms with van der Waals surface area (Å²) in [4.78, 5) is 22.5. The largest absolute Gasteiger partial charge is 0.338 e. The lowest BCUT2D eigenvalue weighted by Crippen LogP contribution is -2.22. The average Bonchev–Trinajstić information content (AvgIpc) is 3.20. The van der Waals surface area contributed by atoms with Crippen LogP contribution in [0, 0.1) is 0 Å². The van der Waals surface area contributed by atoms with Gasteiger partial charge in [-0.05, 0) is 31.2 Å². The van der Waals surface area contributed by atoms with Crippen molar-refractivity contribution in [3.8, 4) is 5.69 Å². The Morgan fingerprint density at radius 3 is 2.48 bits per heavy atom. The Balaban J connectivity index is 1.85. The van der Waals surface area contributed by atoms with Crippen LogP contribution in [0.2, 0.25) is 5.02 Å². The molecule has 0 unspecified atom stereocenters. The maximum atomic E-state index is 13.3. The molecule has 6 nitrogen and oxygen atoms in total. The van der Waals surface area contributed by atoms with Crippen LogP contribution in [0.3, 0.4) is 0 Å². The molecule has 4 rings (SSSR count). The van der Waals surface area contributed by atoms with Gasteiger partial charge in [0.15, 0.2) is 11.0 Å². The monoisotopic (exact) mass is 426 g/mol. The summed E-state index contributed by atoms with van der Waals surface area (Å²) in [5.41, 5.74) is 1.04. The maximum Gasteiger partial charge on any atom is 0.266 e. The van der Waals surface area contributed by atoms with Gasteiger partial charge >= 0.3 is 0 Å². The van der Waals surface area contributed by atoms with Crippen molar-refractivity contribution >= 4 is 34.3 Å². The molecule has 0 N–H and O–H groups in total. The third-order valence-electron chi connectivity index (χ3n) is 4.44. The molecule has 148 valence electrons. The minimum atomic E-state index is -0.197. The van der Waals surface area contributed by atoms with Crippen molar-refractivity contribution in [2.75, 3.05) is 0 Å². The van der Waals surface area contributed by atoms with Crippen LogP contribution in [0.1, 0.15) is 43.7 Å². The van der Waals surface area contributed by atoms with Crippen molar-refractivity contribution in [1.29, 1.82) is 0 Å². The first-order valence-corrected chi connectivity index (χ1v) is 10.5. The zero-order valence-electron chi connectivity index (χ0n) is 16.2. The van der Waals surface area contributed by atoms with Crippen LogP contribution in [0.5, 0.6) is 0 Å². The minimum Gasteiger partial charge on any atom is -0.338 e. The quantitative estimate of drug-likeness (QED) is 0.314. The number of para-hydroxylation sites is 2. The van der Waals surface area contributed by atoms with E-state index < -0.39 is 0 Å². The van der Waals surface area contributed by atoms with Crippen LogP contribution >= 0.6 is 23.4 Å². The second-order valence-corrected chi connectivity index (χ2v) is 8.62. The fourth-order valence-corrected chi connectivity index (χ4v) is 4.06.